The molecule has 0 aliphatic carbocycles. The van der Waals surface area contributed by atoms with E-state index in [9.17, 15) is 0 Å². The highest BCUT2D eigenvalue weighted by Crippen LogP contribution is 2.26. The molecular weight excluding hydrogens is 246 g/mol. The molecule has 104 valence electrons. The van der Waals surface area contributed by atoms with Gasteiger partial charge in [0.05, 0.1) is 23.0 Å². The Labute approximate surface area is 116 Å². The third-order valence-corrected chi connectivity index (χ3v) is 3.49. The quantitative estimate of drug-likeness (QED) is 0.683. The Balaban J connectivity index is 2.75. The van der Waals surface area contributed by atoms with E-state index in [1.54, 1.807) is 6.20 Å². The van der Waals surface area contributed by atoms with Crippen molar-refractivity contribution in [3.05, 3.63) is 16.9 Å². The number of halogens is 1. The van der Waals surface area contributed by atoms with E-state index in [2.05, 4.69) is 31.2 Å². The van der Waals surface area contributed by atoms with Crippen LogP contribution in [0.2, 0.25) is 5.02 Å². The first-order chi connectivity index (χ1) is 8.74. The van der Waals surface area contributed by atoms with Crippen molar-refractivity contribution < 1.29 is 0 Å². The molecule has 18 heavy (non-hydrogen) atoms. The molecule has 0 spiro atoms. The summed E-state index contributed by atoms with van der Waals surface area (Å²) in [4.78, 5) is 0. The van der Waals surface area contributed by atoms with Gasteiger partial charge in [0.1, 0.15) is 0 Å². The predicted molar refractivity (Wildman–Crippen MR) is 78.1 cm³/mol. The van der Waals surface area contributed by atoms with Crippen LogP contribution in [0.4, 0.5) is 0 Å². The van der Waals surface area contributed by atoms with Gasteiger partial charge >= 0.3 is 0 Å². The largest absolute Gasteiger partial charge is 0.309 e. The molecule has 0 fully saturated rings. The highest BCUT2D eigenvalue weighted by Gasteiger charge is 2.18. The van der Waals surface area contributed by atoms with Gasteiger partial charge in [-0.15, -0.1) is 0 Å². The minimum Gasteiger partial charge on any atom is -0.309 e. The van der Waals surface area contributed by atoms with Crippen LogP contribution in [0, 0.1) is 0 Å². The van der Waals surface area contributed by atoms with Crippen LogP contribution < -0.4 is 5.32 Å². The molecule has 0 bridgehead atoms. The lowest BCUT2D eigenvalue weighted by molar-refractivity contribution is 0.439. The lowest BCUT2D eigenvalue weighted by atomic mass is 10.0. The minimum atomic E-state index is 0.339. The normalized spacial score (nSPS) is 12.9. The Kier molecular flexibility index (Phi) is 7.36. The van der Waals surface area contributed by atoms with Gasteiger partial charge in [0.2, 0.25) is 0 Å². The summed E-state index contributed by atoms with van der Waals surface area (Å²) in [6.45, 7) is 8.44. The molecule has 3 nitrogen and oxygen atoms in total. The molecule has 1 rings (SSSR count). The van der Waals surface area contributed by atoms with Crippen LogP contribution in [0.5, 0.6) is 0 Å². The number of hydrogen-bond acceptors (Lipinski definition) is 2. The molecule has 0 aromatic carbocycles. The summed E-state index contributed by atoms with van der Waals surface area (Å²) >= 11 is 6.29. The second-order valence-corrected chi connectivity index (χ2v) is 5.10. The molecule has 1 aromatic heterocycles. The maximum absolute atomic E-state index is 6.29. The van der Waals surface area contributed by atoms with Gasteiger partial charge in [-0.3, -0.25) is 4.68 Å². The SMILES string of the molecule is CCCCCC(NCCC)c1c(Cl)cnn1CC. The Morgan fingerprint density at radius 2 is 2.06 bits per heavy atom. The zero-order chi connectivity index (χ0) is 13.4. The zero-order valence-corrected chi connectivity index (χ0v) is 12.6. The number of hydrogen-bond donors (Lipinski definition) is 1. The lowest BCUT2D eigenvalue weighted by Crippen LogP contribution is -2.25. The van der Waals surface area contributed by atoms with Crippen LogP contribution >= 0.6 is 11.6 Å². The van der Waals surface area contributed by atoms with Gasteiger partial charge in [-0.25, -0.2) is 0 Å². The number of nitrogens with zero attached hydrogens (tertiary/aromatic N) is 2. The lowest BCUT2D eigenvalue weighted by Gasteiger charge is -2.20. The van der Waals surface area contributed by atoms with Crippen molar-refractivity contribution in [1.82, 2.24) is 15.1 Å². The fraction of sp³-hybridized carbons (Fsp3) is 0.786. The van der Waals surface area contributed by atoms with Crippen molar-refractivity contribution in [2.75, 3.05) is 6.54 Å². The van der Waals surface area contributed by atoms with Gasteiger partial charge in [0.25, 0.3) is 0 Å². The van der Waals surface area contributed by atoms with Crippen molar-refractivity contribution in [3.63, 3.8) is 0 Å². The van der Waals surface area contributed by atoms with Crippen molar-refractivity contribution >= 4 is 11.6 Å². The Morgan fingerprint density at radius 3 is 2.67 bits per heavy atom. The number of aromatic nitrogens is 2. The van der Waals surface area contributed by atoms with E-state index in [1.807, 2.05) is 4.68 Å². The number of nitrogens with one attached hydrogen (secondary N) is 1. The van der Waals surface area contributed by atoms with Gasteiger partial charge in [-0.05, 0) is 26.3 Å². The molecule has 0 amide bonds. The average molecular weight is 272 g/mol. The summed E-state index contributed by atoms with van der Waals surface area (Å²) in [6.07, 6.45) is 7.81. The Hall–Kier alpha value is -0.540. The molecule has 1 unspecified atom stereocenters. The number of aryl methyl sites for hydroxylation is 1. The van der Waals surface area contributed by atoms with E-state index in [1.165, 1.54) is 19.3 Å². The first kappa shape index (κ1) is 15.5. The maximum atomic E-state index is 6.29. The molecule has 1 heterocycles. The van der Waals surface area contributed by atoms with Crippen LogP contribution in [0.1, 0.15) is 64.6 Å². The fourth-order valence-electron chi connectivity index (χ4n) is 2.22. The van der Waals surface area contributed by atoms with Gasteiger partial charge in [0, 0.05) is 6.54 Å². The fourth-order valence-corrected chi connectivity index (χ4v) is 2.50. The topological polar surface area (TPSA) is 29.9 Å². The monoisotopic (exact) mass is 271 g/mol. The molecule has 1 atom stereocenters. The summed E-state index contributed by atoms with van der Waals surface area (Å²) in [6, 6.07) is 0.339. The molecule has 4 heteroatoms. The second-order valence-electron chi connectivity index (χ2n) is 4.70. The summed E-state index contributed by atoms with van der Waals surface area (Å²) in [5.41, 5.74) is 1.16. The van der Waals surface area contributed by atoms with E-state index in [0.29, 0.717) is 6.04 Å². The first-order valence-corrected chi connectivity index (χ1v) is 7.56. The van der Waals surface area contributed by atoms with Gasteiger partial charge in [-0.1, -0.05) is 44.7 Å². The van der Waals surface area contributed by atoms with Crippen LogP contribution in [0.25, 0.3) is 0 Å². The second kappa shape index (κ2) is 8.54. The highest BCUT2D eigenvalue weighted by atomic mass is 35.5. The summed E-state index contributed by atoms with van der Waals surface area (Å²) in [5.74, 6) is 0. The zero-order valence-electron chi connectivity index (χ0n) is 11.9. The van der Waals surface area contributed by atoms with Gasteiger partial charge < -0.3 is 5.32 Å². The van der Waals surface area contributed by atoms with Crippen molar-refractivity contribution in [2.24, 2.45) is 0 Å². The van der Waals surface area contributed by atoms with Gasteiger partial charge in [0.15, 0.2) is 0 Å². The summed E-state index contributed by atoms with van der Waals surface area (Å²) < 4.78 is 2.02. The highest BCUT2D eigenvalue weighted by molar-refractivity contribution is 6.31. The van der Waals surface area contributed by atoms with E-state index in [4.69, 9.17) is 11.6 Å². The summed E-state index contributed by atoms with van der Waals surface area (Å²) in [5, 5.41) is 8.73. The van der Waals surface area contributed by atoms with Crippen LogP contribution in [0.3, 0.4) is 0 Å². The molecule has 0 aliphatic rings. The average Bonchev–Trinajstić information content (AvgIpc) is 2.75. The number of unbranched alkanes of at least 4 members (excludes halogenated alkanes) is 2. The molecule has 0 radical (unpaired) electrons. The Morgan fingerprint density at radius 1 is 1.28 bits per heavy atom. The van der Waals surface area contributed by atoms with E-state index >= 15 is 0 Å². The van der Waals surface area contributed by atoms with Crippen LogP contribution in [0.15, 0.2) is 6.20 Å². The van der Waals surface area contributed by atoms with E-state index in [0.717, 1.165) is 36.6 Å². The van der Waals surface area contributed by atoms with Crippen molar-refractivity contribution in [1.29, 1.82) is 0 Å². The van der Waals surface area contributed by atoms with E-state index < -0.39 is 0 Å². The molecular formula is C14H26ClN3. The van der Waals surface area contributed by atoms with Gasteiger partial charge in [-0.2, -0.15) is 5.10 Å². The molecule has 1 N–H and O–H groups in total. The van der Waals surface area contributed by atoms with E-state index in [-0.39, 0.29) is 0 Å². The van der Waals surface area contributed by atoms with Crippen LogP contribution in [-0.4, -0.2) is 16.3 Å². The third kappa shape index (κ3) is 4.29. The van der Waals surface area contributed by atoms with Crippen molar-refractivity contribution in [3.8, 4) is 0 Å². The smallest absolute Gasteiger partial charge is 0.0834 e. The predicted octanol–water partition coefficient (Wildman–Crippen LogP) is 4.18. The minimum absolute atomic E-state index is 0.339. The Bertz CT molecular complexity index is 336. The number of rotatable bonds is 9. The molecule has 0 aliphatic heterocycles. The molecule has 0 saturated carbocycles. The van der Waals surface area contributed by atoms with Crippen molar-refractivity contribution in [2.45, 2.75) is 65.5 Å². The maximum Gasteiger partial charge on any atom is 0.0834 e. The standard InChI is InChI=1S/C14H26ClN3/c1-4-7-8-9-13(16-10-5-2)14-12(15)11-17-18(14)6-3/h11,13,16H,4-10H2,1-3H3. The molecule has 1 aromatic rings. The summed E-state index contributed by atoms with van der Waals surface area (Å²) in [7, 11) is 0. The molecule has 0 saturated heterocycles. The third-order valence-electron chi connectivity index (χ3n) is 3.20. The first-order valence-electron chi connectivity index (χ1n) is 7.19. The van der Waals surface area contributed by atoms with Crippen LogP contribution in [-0.2, 0) is 6.54 Å².